The summed E-state index contributed by atoms with van der Waals surface area (Å²) in [5, 5.41) is 2.90. The molecule has 3 atom stereocenters. The van der Waals surface area contributed by atoms with Crippen molar-refractivity contribution in [1.82, 2.24) is 10.2 Å². The molecule has 1 amide bonds. The average Bonchev–Trinajstić information content (AvgIpc) is 2.13. The fourth-order valence-electron chi connectivity index (χ4n) is 1.75. The smallest absolute Gasteiger partial charge is 0.234 e. The molecule has 0 spiro atoms. The Balaban J connectivity index is 2.32. The third-order valence-electron chi connectivity index (χ3n) is 2.53. The molecular weight excluding hydrogens is 194 g/mol. The van der Waals surface area contributed by atoms with Crippen molar-refractivity contribution in [3.05, 3.63) is 0 Å². The van der Waals surface area contributed by atoms with Crippen molar-refractivity contribution in [3.63, 3.8) is 0 Å². The largest absolute Gasteiger partial charge is 0.376 e. The van der Waals surface area contributed by atoms with E-state index in [2.05, 4.69) is 5.32 Å². The highest BCUT2D eigenvalue weighted by molar-refractivity contribution is 5.78. The van der Waals surface area contributed by atoms with E-state index in [4.69, 9.17) is 10.5 Å². The molecule has 0 aromatic carbocycles. The van der Waals surface area contributed by atoms with Gasteiger partial charge in [0.05, 0.1) is 18.7 Å². The highest BCUT2D eigenvalue weighted by atomic mass is 16.5. The highest BCUT2D eigenvalue weighted by Gasteiger charge is 2.40. The number of rotatable bonds is 5. The van der Waals surface area contributed by atoms with Crippen LogP contribution in [-0.2, 0) is 9.53 Å². The second kappa shape index (κ2) is 5.44. The molecule has 0 aromatic rings. The summed E-state index contributed by atoms with van der Waals surface area (Å²) in [6.45, 7) is 3.00. The van der Waals surface area contributed by atoms with Crippen LogP contribution in [0.5, 0.6) is 0 Å². The van der Waals surface area contributed by atoms with Crippen LogP contribution in [0, 0.1) is 0 Å². The zero-order valence-corrected chi connectivity index (χ0v) is 9.69. The van der Waals surface area contributed by atoms with Crippen molar-refractivity contribution in [3.8, 4) is 0 Å². The van der Waals surface area contributed by atoms with Crippen molar-refractivity contribution in [2.75, 3.05) is 27.2 Å². The Labute approximate surface area is 90.9 Å². The fraction of sp³-hybridized carbons (Fsp3) is 0.900. The molecule has 0 aliphatic heterocycles. The van der Waals surface area contributed by atoms with Crippen molar-refractivity contribution < 1.29 is 9.53 Å². The van der Waals surface area contributed by atoms with Crippen LogP contribution in [0.3, 0.4) is 0 Å². The monoisotopic (exact) mass is 215 g/mol. The maximum Gasteiger partial charge on any atom is 0.234 e. The summed E-state index contributed by atoms with van der Waals surface area (Å²) in [4.78, 5) is 13.3. The Bertz CT molecular complexity index is 219. The average molecular weight is 215 g/mol. The predicted molar refractivity (Wildman–Crippen MR) is 58.5 cm³/mol. The number of nitrogens with zero attached hydrogens (tertiary/aromatic N) is 1. The standard InChI is InChI=1S/C10H21N3O2/c1-4-15-8-5-7(11)10(8)12-9(14)6-13(2)3/h7-8,10H,4-6,11H2,1-3H3,(H,12,14). The summed E-state index contributed by atoms with van der Waals surface area (Å²) >= 11 is 0. The van der Waals surface area contributed by atoms with Gasteiger partial charge < -0.3 is 20.7 Å². The van der Waals surface area contributed by atoms with Gasteiger partial charge in [-0.15, -0.1) is 0 Å². The van der Waals surface area contributed by atoms with E-state index in [9.17, 15) is 4.79 Å². The van der Waals surface area contributed by atoms with Crippen LogP contribution in [0.1, 0.15) is 13.3 Å². The molecule has 5 heteroatoms. The minimum atomic E-state index is -0.0163. The van der Waals surface area contributed by atoms with Crippen LogP contribution < -0.4 is 11.1 Å². The molecule has 1 saturated carbocycles. The van der Waals surface area contributed by atoms with Gasteiger partial charge >= 0.3 is 0 Å². The molecule has 0 bridgehead atoms. The van der Waals surface area contributed by atoms with Gasteiger partial charge in [-0.25, -0.2) is 0 Å². The lowest BCUT2D eigenvalue weighted by molar-refractivity contribution is -0.126. The number of ether oxygens (including phenoxy) is 1. The van der Waals surface area contributed by atoms with E-state index in [0.29, 0.717) is 13.2 Å². The summed E-state index contributed by atoms with van der Waals surface area (Å²) in [7, 11) is 3.72. The van der Waals surface area contributed by atoms with Gasteiger partial charge in [0.15, 0.2) is 0 Å². The van der Waals surface area contributed by atoms with Crippen LogP contribution in [-0.4, -0.2) is 56.2 Å². The molecule has 0 aromatic heterocycles. The zero-order chi connectivity index (χ0) is 11.4. The van der Waals surface area contributed by atoms with Gasteiger partial charge in [-0.3, -0.25) is 4.79 Å². The third kappa shape index (κ3) is 3.44. The number of amides is 1. The van der Waals surface area contributed by atoms with Crippen LogP contribution in [0.25, 0.3) is 0 Å². The quantitative estimate of drug-likeness (QED) is 0.628. The lowest BCUT2D eigenvalue weighted by atomic mass is 9.83. The minimum absolute atomic E-state index is 0.00449. The minimum Gasteiger partial charge on any atom is -0.376 e. The third-order valence-corrected chi connectivity index (χ3v) is 2.53. The van der Waals surface area contributed by atoms with Crippen molar-refractivity contribution in [2.24, 2.45) is 5.73 Å². The lowest BCUT2D eigenvalue weighted by Crippen LogP contribution is -2.65. The van der Waals surface area contributed by atoms with Gasteiger partial charge in [0.25, 0.3) is 0 Å². The van der Waals surface area contributed by atoms with Crippen LogP contribution >= 0.6 is 0 Å². The van der Waals surface area contributed by atoms with Crippen LogP contribution in [0.2, 0.25) is 0 Å². The van der Waals surface area contributed by atoms with Gasteiger partial charge in [0.2, 0.25) is 5.91 Å². The number of carbonyl (C=O) groups excluding carboxylic acids is 1. The van der Waals surface area contributed by atoms with Crippen molar-refractivity contribution >= 4 is 5.91 Å². The molecule has 15 heavy (non-hydrogen) atoms. The second-order valence-electron chi connectivity index (χ2n) is 4.22. The summed E-state index contributed by atoms with van der Waals surface area (Å²) in [6.07, 6.45) is 0.928. The first-order valence-corrected chi connectivity index (χ1v) is 5.35. The number of likely N-dealkylation sites (N-methyl/N-ethyl adjacent to an activating group) is 1. The first kappa shape index (κ1) is 12.4. The molecule has 5 nitrogen and oxygen atoms in total. The molecule has 0 heterocycles. The van der Waals surface area contributed by atoms with Crippen LogP contribution in [0.4, 0.5) is 0 Å². The first-order chi connectivity index (χ1) is 7.04. The van der Waals surface area contributed by atoms with Crippen LogP contribution in [0.15, 0.2) is 0 Å². The van der Waals surface area contributed by atoms with Gasteiger partial charge in [-0.05, 0) is 27.4 Å². The Kier molecular flexibility index (Phi) is 4.50. The Hall–Kier alpha value is -0.650. The van der Waals surface area contributed by atoms with E-state index in [1.54, 1.807) is 0 Å². The molecule has 1 fully saturated rings. The number of carbonyl (C=O) groups is 1. The number of hydrogen-bond acceptors (Lipinski definition) is 4. The van der Waals surface area contributed by atoms with E-state index < -0.39 is 0 Å². The molecule has 3 N–H and O–H groups in total. The first-order valence-electron chi connectivity index (χ1n) is 5.35. The summed E-state index contributed by atoms with van der Waals surface area (Å²) in [5.74, 6) is 0.00449. The van der Waals surface area contributed by atoms with E-state index in [0.717, 1.165) is 6.42 Å². The van der Waals surface area contributed by atoms with Crippen molar-refractivity contribution in [1.29, 1.82) is 0 Å². The van der Waals surface area contributed by atoms with Crippen molar-refractivity contribution in [2.45, 2.75) is 31.5 Å². The normalized spacial score (nSPS) is 30.1. The SMILES string of the molecule is CCOC1CC(N)C1NC(=O)CN(C)C. The molecular formula is C10H21N3O2. The molecule has 3 unspecified atom stereocenters. The van der Waals surface area contributed by atoms with E-state index in [-0.39, 0.29) is 24.1 Å². The molecule has 1 aliphatic carbocycles. The van der Waals surface area contributed by atoms with Gasteiger partial charge in [-0.1, -0.05) is 0 Å². The Morgan fingerprint density at radius 2 is 2.27 bits per heavy atom. The number of hydrogen-bond donors (Lipinski definition) is 2. The van der Waals surface area contributed by atoms with E-state index in [1.165, 1.54) is 0 Å². The fourth-order valence-corrected chi connectivity index (χ4v) is 1.75. The molecule has 0 radical (unpaired) electrons. The maximum atomic E-state index is 11.5. The molecule has 1 rings (SSSR count). The molecule has 1 aliphatic rings. The zero-order valence-electron chi connectivity index (χ0n) is 9.69. The summed E-state index contributed by atoms with van der Waals surface area (Å²) in [5.41, 5.74) is 5.81. The van der Waals surface area contributed by atoms with Gasteiger partial charge in [0.1, 0.15) is 0 Å². The Morgan fingerprint density at radius 3 is 2.73 bits per heavy atom. The van der Waals surface area contributed by atoms with Gasteiger partial charge in [-0.2, -0.15) is 0 Å². The highest BCUT2D eigenvalue weighted by Crippen LogP contribution is 2.22. The van der Waals surface area contributed by atoms with Gasteiger partial charge in [0, 0.05) is 12.6 Å². The summed E-state index contributed by atoms with van der Waals surface area (Å²) in [6, 6.07) is 0.0186. The number of nitrogens with two attached hydrogens (primary N) is 1. The number of nitrogens with one attached hydrogen (secondary N) is 1. The van der Waals surface area contributed by atoms with E-state index in [1.807, 2.05) is 25.9 Å². The predicted octanol–water partition coefficient (Wildman–Crippen LogP) is -0.831. The molecule has 88 valence electrons. The maximum absolute atomic E-state index is 11.5. The second-order valence-corrected chi connectivity index (χ2v) is 4.22. The topological polar surface area (TPSA) is 67.6 Å². The van der Waals surface area contributed by atoms with E-state index >= 15 is 0 Å². The Morgan fingerprint density at radius 1 is 1.60 bits per heavy atom. The lowest BCUT2D eigenvalue weighted by Gasteiger charge is -2.42. The molecule has 0 saturated heterocycles. The summed E-state index contributed by atoms with van der Waals surface area (Å²) < 4.78 is 5.46.